The van der Waals surface area contributed by atoms with Crippen LogP contribution >= 0.6 is 11.8 Å². The maximum Gasteiger partial charge on any atom is 0.196 e. The van der Waals surface area contributed by atoms with Gasteiger partial charge < -0.3 is 4.74 Å². The zero-order valence-corrected chi connectivity index (χ0v) is 13.2. The Morgan fingerprint density at radius 3 is 2.82 bits per heavy atom. The molecule has 2 aromatic heterocycles. The molecule has 0 aliphatic heterocycles. The second-order valence-electron chi connectivity index (χ2n) is 4.68. The highest BCUT2D eigenvalue weighted by molar-refractivity contribution is 7.98. The molecule has 0 radical (unpaired) electrons. The summed E-state index contributed by atoms with van der Waals surface area (Å²) in [5.74, 6) is 2.41. The third-order valence-electron chi connectivity index (χ3n) is 3.18. The molecule has 0 atom stereocenters. The quantitative estimate of drug-likeness (QED) is 0.677. The summed E-state index contributed by atoms with van der Waals surface area (Å²) in [6.07, 6.45) is 1.80. The summed E-state index contributed by atoms with van der Waals surface area (Å²) in [4.78, 5) is 4.33. The molecule has 2 heterocycles. The number of benzene rings is 1. The van der Waals surface area contributed by atoms with Crippen LogP contribution in [-0.2, 0) is 5.75 Å². The van der Waals surface area contributed by atoms with Gasteiger partial charge in [-0.25, -0.2) is 0 Å². The van der Waals surface area contributed by atoms with E-state index in [-0.39, 0.29) is 0 Å². The second-order valence-corrected chi connectivity index (χ2v) is 5.62. The van der Waals surface area contributed by atoms with E-state index in [1.807, 2.05) is 54.0 Å². The van der Waals surface area contributed by atoms with E-state index in [4.69, 9.17) is 4.74 Å². The van der Waals surface area contributed by atoms with Crippen LogP contribution in [0.5, 0.6) is 5.75 Å². The van der Waals surface area contributed by atoms with Crippen molar-refractivity contribution in [2.24, 2.45) is 0 Å². The SMILES string of the molecule is COc1cccc(-n2c(C)nnc2SCc2ccccn2)c1. The zero-order valence-electron chi connectivity index (χ0n) is 12.4. The van der Waals surface area contributed by atoms with Gasteiger partial charge in [0.2, 0.25) is 0 Å². The fourth-order valence-corrected chi connectivity index (χ4v) is 3.02. The van der Waals surface area contributed by atoms with Gasteiger partial charge in [-0.05, 0) is 31.2 Å². The Balaban J connectivity index is 1.87. The lowest BCUT2D eigenvalue weighted by molar-refractivity contribution is 0.414. The number of hydrogen-bond donors (Lipinski definition) is 0. The number of aryl methyl sites for hydroxylation is 1. The molecule has 0 aliphatic rings. The maximum atomic E-state index is 5.29. The van der Waals surface area contributed by atoms with Crippen molar-refractivity contribution in [2.45, 2.75) is 17.8 Å². The Labute approximate surface area is 133 Å². The summed E-state index contributed by atoms with van der Waals surface area (Å²) in [6, 6.07) is 13.8. The molecule has 1 aromatic carbocycles. The number of aromatic nitrogens is 4. The van der Waals surface area contributed by atoms with Crippen molar-refractivity contribution in [1.29, 1.82) is 0 Å². The summed E-state index contributed by atoms with van der Waals surface area (Å²) in [5.41, 5.74) is 2.01. The van der Waals surface area contributed by atoms with Crippen LogP contribution in [0.3, 0.4) is 0 Å². The number of thioether (sulfide) groups is 1. The third-order valence-corrected chi connectivity index (χ3v) is 4.14. The maximum absolute atomic E-state index is 5.29. The van der Waals surface area contributed by atoms with Crippen molar-refractivity contribution in [3.8, 4) is 11.4 Å². The highest BCUT2D eigenvalue weighted by Gasteiger charge is 2.12. The van der Waals surface area contributed by atoms with Gasteiger partial charge in [-0.15, -0.1) is 10.2 Å². The first-order valence-corrected chi connectivity index (χ1v) is 7.85. The predicted molar refractivity (Wildman–Crippen MR) is 86.4 cm³/mol. The van der Waals surface area contributed by atoms with Gasteiger partial charge in [0.05, 0.1) is 18.5 Å². The molecule has 0 N–H and O–H groups in total. The van der Waals surface area contributed by atoms with Gasteiger partial charge in [0.1, 0.15) is 11.6 Å². The lowest BCUT2D eigenvalue weighted by atomic mass is 10.3. The number of ether oxygens (including phenoxy) is 1. The molecule has 0 saturated heterocycles. The first kappa shape index (κ1) is 14.6. The molecule has 5 nitrogen and oxygen atoms in total. The first-order chi connectivity index (χ1) is 10.8. The van der Waals surface area contributed by atoms with Crippen LogP contribution in [0.4, 0.5) is 0 Å². The standard InChI is InChI=1S/C16H16N4OS/c1-12-18-19-16(22-11-13-6-3-4-9-17-13)20(12)14-7-5-8-15(10-14)21-2/h3-10H,11H2,1-2H3. The third kappa shape index (κ3) is 3.12. The average Bonchev–Trinajstić information content (AvgIpc) is 2.94. The predicted octanol–water partition coefficient (Wildman–Crippen LogP) is 3.27. The first-order valence-electron chi connectivity index (χ1n) is 6.87. The highest BCUT2D eigenvalue weighted by Crippen LogP contribution is 2.26. The van der Waals surface area contributed by atoms with Gasteiger partial charge in [-0.2, -0.15) is 0 Å². The van der Waals surface area contributed by atoms with E-state index < -0.39 is 0 Å². The molecular formula is C16H16N4OS. The van der Waals surface area contributed by atoms with Crippen LogP contribution in [0.25, 0.3) is 5.69 Å². The van der Waals surface area contributed by atoms with Crippen LogP contribution < -0.4 is 4.74 Å². The number of nitrogens with zero attached hydrogens (tertiary/aromatic N) is 4. The van der Waals surface area contributed by atoms with E-state index in [1.54, 1.807) is 25.1 Å². The Hall–Kier alpha value is -2.34. The fourth-order valence-electron chi connectivity index (χ4n) is 2.11. The molecular weight excluding hydrogens is 296 g/mol. The zero-order chi connectivity index (χ0) is 15.4. The molecule has 112 valence electrons. The van der Waals surface area contributed by atoms with Crippen LogP contribution in [0.15, 0.2) is 53.8 Å². The average molecular weight is 312 g/mol. The molecule has 0 saturated carbocycles. The molecule has 0 unspecified atom stereocenters. The number of pyridine rings is 1. The summed E-state index contributed by atoms with van der Waals surface area (Å²) < 4.78 is 7.31. The normalized spacial score (nSPS) is 10.6. The monoisotopic (exact) mass is 312 g/mol. The smallest absolute Gasteiger partial charge is 0.196 e. The Kier molecular flexibility index (Phi) is 4.39. The number of rotatable bonds is 5. The summed E-state index contributed by atoms with van der Waals surface area (Å²) in [6.45, 7) is 1.94. The Morgan fingerprint density at radius 2 is 2.05 bits per heavy atom. The summed E-state index contributed by atoms with van der Waals surface area (Å²) in [7, 11) is 1.66. The van der Waals surface area contributed by atoms with Crippen LogP contribution in [-0.4, -0.2) is 26.9 Å². The highest BCUT2D eigenvalue weighted by atomic mass is 32.2. The van der Waals surface area contributed by atoms with Crippen molar-refractivity contribution in [2.75, 3.05) is 7.11 Å². The molecule has 3 rings (SSSR count). The Bertz CT molecular complexity index is 758. The van der Waals surface area contributed by atoms with E-state index in [0.29, 0.717) is 0 Å². The molecule has 6 heteroatoms. The van der Waals surface area contributed by atoms with E-state index in [2.05, 4.69) is 15.2 Å². The second kappa shape index (κ2) is 6.62. The lowest BCUT2D eigenvalue weighted by Crippen LogP contribution is -2.00. The Morgan fingerprint density at radius 1 is 1.14 bits per heavy atom. The van der Waals surface area contributed by atoms with Crippen LogP contribution in [0.2, 0.25) is 0 Å². The van der Waals surface area contributed by atoms with Gasteiger partial charge in [-0.1, -0.05) is 23.9 Å². The van der Waals surface area contributed by atoms with Gasteiger partial charge in [0.15, 0.2) is 5.16 Å². The van der Waals surface area contributed by atoms with Crippen molar-refractivity contribution in [3.05, 3.63) is 60.2 Å². The van der Waals surface area contributed by atoms with Crippen molar-refractivity contribution in [3.63, 3.8) is 0 Å². The fraction of sp³-hybridized carbons (Fsp3) is 0.188. The van der Waals surface area contributed by atoms with Crippen LogP contribution in [0.1, 0.15) is 11.5 Å². The van der Waals surface area contributed by atoms with Gasteiger partial charge in [-0.3, -0.25) is 9.55 Å². The number of hydrogen-bond acceptors (Lipinski definition) is 5. The molecule has 0 amide bonds. The van der Waals surface area contributed by atoms with Gasteiger partial charge in [0, 0.05) is 18.0 Å². The molecule has 22 heavy (non-hydrogen) atoms. The molecule has 0 aliphatic carbocycles. The molecule has 0 bridgehead atoms. The van der Waals surface area contributed by atoms with E-state index in [1.165, 1.54) is 0 Å². The minimum atomic E-state index is 0.753. The number of methoxy groups -OCH3 is 1. The van der Waals surface area contributed by atoms with Crippen molar-refractivity contribution in [1.82, 2.24) is 19.7 Å². The van der Waals surface area contributed by atoms with E-state index in [0.717, 1.165) is 33.9 Å². The largest absolute Gasteiger partial charge is 0.497 e. The van der Waals surface area contributed by atoms with Gasteiger partial charge in [0.25, 0.3) is 0 Å². The van der Waals surface area contributed by atoms with E-state index in [9.17, 15) is 0 Å². The minimum Gasteiger partial charge on any atom is -0.497 e. The van der Waals surface area contributed by atoms with E-state index >= 15 is 0 Å². The summed E-state index contributed by atoms with van der Waals surface area (Å²) >= 11 is 1.62. The summed E-state index contributed by atoms with van der Waals surface area (Å²) in [5, 5.41) is 9.31. The topological polar surface area (TPSA) is 52.8 Å². The molecule has 0 spiro atoms. The van der Waals surface area contributed by atoms with Crippen LogP contribution in [0, 0.1) is 6.92 Å². The molecule has 0 fully saturated rings. The van der Waals surface area contributed by atoms with Crippen molar-refractivity contribution >= 4 is 11.8 Å². The molecule has 3 aromatic rings. The lowest BCUT2D eigenvalue weighted by Gasteiger charge is -2.09. The minimum absolute atomic E-state index is 0.753. The van der Waals surface area contributed by atoms with Gasteiger partial charge >= 0.3 is 0 Å². The van der Waals surface area contributed by atoms with Crippen molar-refractivity contribution < 1.29 is 4.74 Å².